The molecule has 1 amide bonds. The molecule has 1 atom stereocenters. The maximum Gasteiger partial charge on any atom is 0.331 e. The van der Waals surface area contributed by atoms with E-state index in [9.17, 15) is 19.2 Å². The summed E-state index contributed by atoms with van der Waals surface area (Å²) in [4.78, 5) is 49.6. The van der Waals surface area contributed by atoms with E-state index in [0.29, 0.717) is 24.8 Å². The molecule has 0 fully saturated rings. The van der Waals surface area contributed by atoms with Gasteiger partial charge in [0.1, 0.15) is 5.54 Å². The van der Waals surface area contributed by atoms with Crippen LogP contribution in [0.4, 0.5) is 0 Å². The summed E-state index contributed by atoms with van der Waals surface area (Å²) in [5, 5.41) is 2.80. The highest BCUT2D eigenvalue weighted by molar-refractivity contribution is 7.99. The van der Waals surface area contributed by atoms with Crippen LogP contribution in [0.2, 0.25) is 0 Å². The van der Waals surface area contributed by atoms with Gasteiger partial charge in [0.25, 0.3) is 0 Å². The van der Waals surface area contributed by atoms with Crippen LogP contribution in [0.15, 0.2) is 58.3 Å². The average molecular weight is 500 g/mol. The number of benzene rings is 2. The first-order chi connectivity index (χ1) is 16.7. The third-order valence-corrected chi connectivity index (χ3v) is 6.53. The van der Waals surface area contributed by atoms with Crippen molar-refractivity contribution in [3.8, 4) is 0 Å². The Morgan fingerprint density at radius 2 is 1.49 bits per heavy atom. The van der Waals surface area contributed by atoms with Crippen LogP contribution in [0, 0.1) is 0 Å². The monoisotopic (exact) mass is 499 g/mol. The molecule has 8 heteroatoms. The van der Waals surface area contributed by atoms with Gasteiger partial charge < -0.3 is 14.8 Å². The minimum Gasteiger partial charge on any atom is -0.464 e. The lowest BCUT2D eigenvalue weighted by Crippen LogP contribution is -2.54. The summed E-state index contributed by atoms with van der Waals surface area (Å²) in [5.74, 6) is -1.31. The number of hydrogen-bond acceptors (Lipinski definition) is 7. The van der Waals surface area contributed by atoms with Crippen molar-refractivity contribution >= 4 is 35.4 Å². The van der Waals surface area contributed by atoms with E-state index in [2.05, 4.69) is 5.32 Å². The summed E-state index contributed by atoms with van der Waals surface area (Å²) in [7, 11) is 0. The van der Waals surface area contributed by atoms with Crippen LogP contribution < -0.4 is 5.32 Å². The van der Waals surface area contributed by atoms with Crippen molar-refractivity contribution in [3.63, 3.8) is 0 Å². The van der Waals surface area contributed by atoms with Crippen molar-refractivity contribution < 1.29 is 28.7 Å². The van der Waals surface area contributed by atoms with Crippen molar-refractivity contribution in [2.75, 3.05) is 13.2 Å². The van der Waals surface area contributed by atoms with Crippen molar-refractivity contribution in [3.05, 3.63) is 59.7 Å². The molecule has 0 saturated carbocycles. The number of rotatable bonds is 13. The van der Waals surface area contributed by atoms with E-state index >= 15 is 0 Å². The van der Waals surface area contributed by atoms with E-state index in [1.165, 1.54) is 6.92 Å². The SMILES string of the molecule is CCOC(=O)C(CC)(CCc1ccc(Sc2ccc(C(=O)COC(=O)CC)cc2)cc1)NC(C)=O. The highest BCUT2D eigenvalue weighted by atomic mass is 32.2. The summed E-state index contributed by atoms with van der Waals surface area (Å²) in [6.07, 6.45) is 1.73. The number of carbonyl (C=O) groups excluding carboxylic acids is 4. The maximum atomic E-state index is 12.6. The molecule has 0 aliphatic rings. The standard InChI is InChI=1S/C27H33NO6S/c1-5-25(31)34-18-24(30)21-10-14-23(15-11-21)35-22-12-8-20(9-13-22)16-17-27(6-2,28-19(4)29)26(32)33-7-3/h8-15H,5-7,16-18H2,1-4H3,(H,28,29). The lowest BCUT2D eigenvalue weighted by Gasteiger charge is -2.31. The first-order valence-corrected chi connectivity index (χ1v) is 12.6. The molecule has 2 rings (SSSR count). The van der Waals surface area contributed by atoms with Crippen LogP contribution in [0.1, 0.15) is 62.9 Å². The van der Waals surface area contributed by atoms with Gasteiger partial charge >= 0.3 is 11.9 Å². The van der Waals surface area contributed by atoms with Gasteiger partial charge in [-0.05, 0) is 56.0 Å². The summed E-state index contributed by atoms with van der Waals surface area (Å²) >= 11 is 1.56. The predicted octanol–water partition coefficient (Wildman–Crippen LogP) is 4.75. The van der Waals surface area contributed by atoms with E-state index in [4.69, 9.17) is 9.47 Å². The van der Waals surface area contributed by atoms with Crippen LogP contribution in [0.5, 0.6) is 0 Å². The van der Waals surface area contributed by atoms with E-state index in [1.807, 2.05) is 43.3 Å². The van der Waals surface area contributed by atoms with Gasteiger partial charge in [-0.3, -0.25) is 14.4 Å². The van der Waals surface area contributed by atoms with Gasteiger partial charge in [0, 0.05) is 28.7 Å². The number of nitrogens with one attached hydrogen (secondary N) is 1. The molecule has 0 radical (unpaired) electrons. The molecule has 2 aromatic carbocycles. The number of carbonyl (C=O) groups is 4. The highest BCUT2D eigenvalue weighted by Gasteiger charge is 2.38. The number of hydrogen-bond donors (Lipinski definition) is 1. The van der Waals surface area contributed by atoms with E-state index < -0.39 is 17.5 Å². The Kier molecular flexibility index (Phi) is 11.0. The van der Waals surface area contributed by atoms with Crippen molar-refractivity contribution in [2.45, 2.75) is 68.7 Å². The van der Waals surface area contributed by atoms with E-state index in [-0.39, 0.29) is 31.3 Å². The second-order valence-corrected chi connectivity index (χ2v) is 9.19. The number of esters is 2. The fourth-order valence-corrected chi connectivity index (χ4v) is 4.31. The van der Waals surface area contributed by atoms with Gasteiger partial charge in [0.2, 0.25) is 5.91 Å². The van der Waals surface area contributed by atoms with Crippen LogP contribution >= 0.6 is 11.8 Å². The molecule has 0 aliphatic carbocycles. The molecule has 0 aromatic heterocycles. The third kappa shape index (κ3) is 8.55. The van der Waals surface area contributed by atoms with E-state index in [0.717, 1.165) is 15.4 Å². The largest absolute Gasteiger partial charge is 0.464 e. The Morgan fingerprint density at radius 3 is 2.00 bits per heavy atom. The zero-order valence-electron chi connectivity index (χ0n) is 20.7. The molecule has 1 unspecified atom stereocenters. The molecule has 188 valence electrons. The molecule has 0 aliphatic heterocycles. The van der Waals surface area contributed by atoms with Crippen molar-refractivity contribution in [1.82, 2.24) is 5.32 Å². The average Bonchev–Trinajstić information content (AvgIpc) is 2.86. The Labute approximate surface area is 211 Å². The van der Waals surface area contributed by atoms with Crippen LogP contribution in [-0.2, 0) is 30.3 Å². The van der Waals surface area contributed by atoms with Crippen LogP contribution in [0.25, 0.3) is 0 Å². The molecular weight excluding hydrogens is 466 g/mol. The highest BCUT2D eigenvalue weighted by Crippen LogP contribution is 2.29. The zero-order valence-corrected chi connectivity index (χ0v) is 21.5. The van der Waals surface area contributed by atoms with Crippen molar-refractivity contribution in [1.29, 1.82) is 0 Å². The van der Waals surface area contributed by atoms with Crippen LogP contribution in [-0.4, -0.2) is 42.4 Å². The minimum atomic E-state index is -1.04. The molecule has 1 N–H and O–H groups in total. The molecule has 0 bridgehead atoms. The topological polar surface area (TPSA) is 98.8 Å². The molecule has 35 heavy (non-hydrogen) atoms. The summed E-state index contributed by atoms with van der Waals surface area (Å²) in [6.45, 7) is 6.70. The van der Waals surface area contributed by atoms with Gasteiger partial charge in [-0.2, -0.15) is 0 Å². The minimum absolute atomic E-state index is 0.238. The summed E-state index contributed by atoms with van der Waals surface area (Å²) in [5.41, 5.74) is 0.502. The number of ketones is 1. The molecule has 7 nitrogen and oxygen atoms in total. The fraction of sp³-hybridized carbons (Fsp3) is 0.407. The second kappa shape index (κ2) is 13.7. The van der Waals surface area contributed by atoms with Gasteiger partial charge in [-0.15, -0.1) is 0 Å². The van der Waals surface area contributed by atoms with Crippen molar-refractivity contribution in [2.24, 2.45) is 0 Å². The fourth-order valence-electron chi connectivity index (χ4n) is 3.49. The molecular formula is C27H33NO6S. The number of amides is 1. The molecule has 0 spiro atoms. The van der Waals surface area contributed by atoms with Gasteiger partial charge in [-0.1, -0.05) is 49.9 Å². The Balaban J connectivity index is 1.98. The Bertz CT molecular complexity index is 1020. The first kappa shape index (κ1) is 28.1. The quantitative estimate of drug-likeness (QED) is 0.313. The normalized spacial score (nSPS) is 12.3. The lowest BCUT2D eigenvalue weighted by molar-refractivity contribution is -0.153. The summed E-state index contributed by atoms with van der Waals surface area (Å²) < 4.78 is 10.1. The maximum absolute atomic E-state index is 12.6. The molecule has 0 saturated heterocycles. The van der Waals surface area contributed by atoms with Gasteiger partial charge in [-0.25, -0.2) is 4.79 Å². The molecule has 2 aromatic rings. The lowest BCUT2D eigenvalue weighted by atomic mass is 9.88. The Morgan fingerprint density at radius 1 is 0.886 bits per heavy atom. The predicted molar refractivity (Wildman–Crippen MR) is 134 cm³/mol. The van der Waals surface area contributed by atoms with Crippen LogP contribution in [0.3, 0.4) is 0 Å². The van der Waals surface area contributed by atoms with Gasteiger partial charge in [0.15, 0.2) is 12.4 Å². The second-order valence-electron chi connectivity index (χ2n) is 8.05. The Hall–Kier alpha value is -3.13. The smallest absolute Gasteiger partial charge is 0.331 e. The number of Topliss-reactive ketones (excluding diaryl/α,β-unsaturated/α-hetero) is 1. The van der Waals surface area contributed by atoms with Gasteiger partial charge in [0.05, 0.1) is 6.61 Å². The molecule has 0 heterocycles. The number of aryl methyl sites for hydroxylation is 1. The number of ether oxygens (including phenoxy) is 2. The third-order valence-electron chi connectivity index (χ3n) is 5.51. The summed E-state index contributed by atoms with van der Waals surface area (Å²) in [6, 6.07) is 15.2. The zero-order chi connectivity index (χ0) is 25.8. The first-order valence-electron chi connectivity index (χ1n) is 11.7. The van der Waals surface area contributed by atoms with E-state index in [1.54, 1.807) is 37.7 Å².